The maximum atomic E-state index is 10.7. The summed E-state index contributed by atoms with van der Waals surface area (Å²) < 4.78 is 0.865. The van der Waals surface area contributed by atoms with Crippen molar-refractivity contribution in [2.75, 3.05) is 0 Å². The Morgan fingerprint density at radius 2 is 2.00 bits per heavy atom. The van der Waals surface area contributed by atoms with Crippen molar-refractivity contribution in [3.8, 4) is 0 Å². The first-order chi connectivity index (χ1) is 6.54. The number of benzene rings is 1. The lowest BCUT2D eigenvalue weighted by Crippen LogP contribution is -2.05. The molecule has 0 aliphatic carbocycles. The molecule has 1 aromatic carbocycles. The quantitative estimate of drug-likeness (QED) is 0.683. The number of carboxylic acids is 1. The molecule has 1 rings (SSSR count). The molecule has 0 aromatic heterocycles. The van der Waals surface area contributed by atoms with Crippen LogP contribution in [0.25, 0.3) is 0 Å². The Hall–Kier alpha value is -0.610. The molecule has 1 aromatic rings. The smallest absolute Gasteiger partial charge is 0.332 e. The Morgan fingerprint density at radius 3 is 2.50 bits per heavy atom. The zero-order valence-corrected chi connectivity index (χ0v) is 10.4. The molecule has 4 heteroatoms. The normalized spacial score (nSPS) is 12.1. The number of carbonyl (C=O) groups is 1. The molecule has 0 spiro atoms. The zero-order chi connectivity index (χ0) is 10.7. The summed E-state index contributed by atoms with van der Waals surface area (Å²) in [7, 11) is 0. The minimum Gasteiger partial charge on any atom is -0.478 e. The predicted octanol–water partition coefficient (Wildman–Crippen LogP) is 3.53. The van der Waals surface area contributed by atoms with Crippen LogP contribution >= 0.6 is 31.9 Å². The van der Waals surface area contributed by atoms with E-state index >= 15 is 0 Å². The summed E-state index contributed by atoms with van der Waals surface area (Å²) in [5, 5.41) is 8.76. The van der Waals surface area contributed by atoms with E-state index in [0.29, 0.717) is 0 Å². The summed E-state index contributed by atoms with van der Waals surface area (Å²) in [5.41, 5.74) is 0.983. The second kappa shape index (κ2) is 4.75. The van der Waals surface area contributed by atoms with E-state index in [1.54, 1.807) is 0 Å². The number of hydrogen-bond donors (Lipinski definition) is 1. The Kier molecular flexibility index (Phi) is 3.89. The van der Waals surface area contributed by atoms with Gasteiger partial charge in [0.2, 0.25) is 0 Å². The van der Waals surface area contributed by atoms with E-state index in [-0.39, 0.29) is 10.4 Å². The number of hydrogen-bond acceptors (Lipinski definition) is 1. The van der Waals surface area contributed by atoms with Crippen LogP contribution < -0.4 is 0 Å². The molecule has 0 saturated carbocycles. The van der Waals surface area contributed by atoms with Crippen LogP contribution in [0.15, 0.2) is 40.9 Å². The number of rotatable bonds is 3. The van der Waals surface area contributed by atoms with E-state index in [1.807, 2.05) is 24.3 Å². The Bertz CT molecular complexity index is 374. The molecule has 0 saturated heterocycles. The molecule has 0 heterocycles. The third-order valence-electron chi connectivity index (χ3n) is 1.76. The average Bonchev–Trinajstić information content (AvgIpc) is 2.16. The number of alkyl halides is 1. The highest BCUT2D eigenvalue weighted by atomic mass is 79.9. The number of carboxylic acid groups (broad SMARTS) is 1. The molecule has 74 valence electrons. The second-order valence-electron chi connectivity index (χ2n) is 2.71. The first-order valence-corrected chi connectivity index (χ1v) is 5.55. The predicted molar refractivity (Wildman–Crippen MR) is 62.6 cm³/mol. The van der Waals surface area contributed by atoms with Gasteiger partial charge >= 0.3 is 5.97 Å². The van der Waals surface area contributed by atoms with Gasteiger partial charge in [-0.15, -0.1) is 0 Å². The van der Waals surface area contributed by atoms with Crippen LogP contribution in [0.4, 0.5) is 0 Å². The summed E-state index contributed by atoms with van der Waals surface area (Å²) in [6, 6.07) is 7.43. The Labute approximate surface area is 98.9 Å². The monoisotopic (exact) mass is 318 g/mol. The van der Waals surface area contributed by atoms with Crippen molar-refractivity contribution < 1.29 is 9.90 Å². The molecular formula is C10H8Br2O2. The molecule has 1 atom stereocenters. The van der Waals surface area contributed by atoms with Gasteiger partial charge in [0.25, 0.3) is 0 Å². The minimum absolute atomic E-state index is 0.122. The molecule has 14 heavy (non-hydrogen) atoms. The summed E-state index contributed by atoms with van der Waals surface area (Å²) in [6.45, 7) is 3.50. The summed E-state index contributed by atoms with van der Waals surface area (Å²) in [4.78, 5) is 10.3. The topological polar surface area (TPSA) is 37.3 Å². The van der Waals surface area contributed by atoms with E-state index in [0.717, 1.165) is 10.0 Å². The third-order valence-corrected chi connectivity index (χ3v) is 3.53. The lowest BCUT2D eigenvalue weighted by molar-refractivity contribution is -0.132. The fourth-order valence-electron chi connectivity index (χ4n) is 0.977. The van der Waals surface area contributed by atoms with Crippen LogP contribution in [0.3, 0.4) is 0 Å². The molecule has 0 fully saturated rings. The van der Waals surface area contributed by atoms with Gasteiger partial charge in [-0.05, 0) is 11.6 Å². The zero-order valence-electron chi connectivity index (χ0n) is 7.21. The highest BCUT2D eigenvalue weighted by Gasteiger charge is 2.18. The lowest BCUT2D eigenvalue weighted by atomic mass is 10.1. The molecule has 0 amide bonds. The summed E-state index contributed by atoms with van der Waals surface area (Å²) in [6.07, 6.45) is 0. The maximum absolute atomic E-state index is 10.7. The second-order valence-corrected chi connectivity index (χ2v) is 4.48. The standard InChI is InChI=1S/C10H8Br2O2/c1-6(10(13)14)9(12)7-4-2-3-5-8(7)11/h2-5,9H,1H2,(H,13,14). The molecular weight excluding hydrogens is 312 g/mol. The van der Waals surface area contributed by atoms with E-state index in [4.69, 9.17) is 5.11 Å². The van der Waals surface area contributed by atoms with Crippen LogP contribution in [-0.2, 0) is 4.79 Å². The molecule has 0 bridgehead atoms. The van der Waals surface area contributed by atoms with E-state index in [2.05, 4.69) is 38.4 Å². The Balaban J connectivity index is 3.01. The van der Waals surface area contributed by atoms with Crippen molar-refractivity contribution in [2.24, 2.45) is 0 Å². The van der Waals surface area contributed by atoms with Crippen molar-refractivity contribution in [3.63, 3.8) is 0 Å². The van der Waals surface area contributed by atoms with Crippen molar-refractivity contribution in [3.05, 3.63) is 46.5 Å². The van der Waals surface area contributed by atoms with E-state index < -0.39 is 5.97 Å². The van der Waals surface area contributed by atoms with Crippen molar-refractivity contribution in [2.45, 2.75) is 4.83 Å². The molecule has 0 aliphatic heterocycles. The van der Waals surface area contributed by atoms with E-state index in [1.165, 1.54) is 0 Å². The maximum Gasteiger partial charge on any atom is 0.332 e. The van der Waals surface area contributed by atoms with Gasteiger partial charge in [0.05, 0.1) is 4.83 Å². The third kappa shape index (κ3) is 2.45. The van der Waals surface area contributed by atoms with Gasteiger partial charge in [-0.2, -0.15) is 0 Å². The molecule has 1 unspecified atom stereocenters. The molecule has 1 N–H and O–H groups in total. The van der Waals surface area contributed by atoms with Crippen LogP contribution in [0, 0.1) is 0 Å². The minimum atomic E-state index is -0.998. The Morgan fingerprint density at radius 1 is 1.43 bits per heavy atom. The van der Waals surface area contributed by atoms with E-state index in [9.17, 15) is 4.79 Å². The number of halogens is 2. The van der Waals surface area contributed by atoms with Crippen LogP contribution in [0.1, 0.15) is 10.4 Å². The van der Waals surface area contributed by atoms with Gasteiger partial charge < -0.3 is 5.11 Å². The van der Waals surface area contributed by atoms with Gasteiger partial charge in [-0.3, -0.25) is 0 Å². The van der Waals surface area contributed by atoms with Crippen molar-refractivity contribution in [1.82, 2.24) is 0 Å². The SMILES string of the molecule is C=C(C(=O)O)C(Br)c1ccccc1Br. The fraction of sp³-hybridized carbons (Fsp3) is 0.100. The summed E-state index contributed by atoms with van der Waals surface area (Å²) in [5.74, 6) is -0.998. The lowest BCUT2D eigenvalue weighted by Gasteiger charge is -2.11. The van der Waals surface area contributed by atoms with Gasteiger partial charge in [-0.25, -0.2) is 4.79 Å². The van der Waals surface area contributed by atoms with Crippen molar-refractivity contribution >= 4 is 37.8 Å². The molecule has 2 nitrogen and oxygen atoms in total. The highest BCUT2D eigenvalue weighted by Crippen LogP contribution is 2.34. The fourth-order valence-corrected chi connectivity index (χ4v) is 2.39. The first-order valence-electron chi connectivity index (χ1n) is 3.84. The molecule has 0 aliphatic rings. The van der Waals surface area contributed by atoms with Crippen LogP contribution in [0.5, 0.6) is 0 Å². The largest absolute Gasteiger partial charge is 0.478 e. The van der Waals surface area contributed by atoms with Crippen LogP contribution in [0.2, 0.25) is 0 Å². The summed E-state index contributed by atoms with van der Waals surface area (Å²) >= 11 is 6.64. The number of aliphatic carboxylic acids is 1. The van der Waals surface area contributed by atoms with Gasteiger partial charge in [0.1, 0.15) is 0 Å². The van der Waals surface area contributed by atoms with Gasteiger partial charge in [-0.1, -0.05) is 56.6 Å². The average molecular weight is 320 g/mol. The highest BCUT2D eigenvalue weighted by molar-refractivity contribution is 9.11. The van der Waals surface area contributed by atoms with Gasteiger partial charge in [0, 0.05) is 10.0 Å². The molecule has 0 radical (unpaired) electrons. The first kappa shape index (κ1) is 11.5. The van der Waals surface area contributed by atoms with Gasteiger partial charge in [0.15, 0.2) is 0 Å². The van der Waals surface area contributed by atoms with Crippen molar-refractivity contribution in [1.29, 1.82) is 0 Å². The van der Waals surface area contributed by atoms with Crippen LogP contribution in [-0.4, -0.2) is 11.1 Å².